The van der Waals surface area contributed by atoms with Crippen LogP contribution in [0.4, 0.5) is 13.2 Å². The first-order valence-corrected chi connectivity index (χ1v) is 5.93. The van der Waals surface area contributed by atoms with Crippen molar-refractivity contribution in [1.29, 1.82) is 0 Å². The summed E-state index contributed by atoms with van der Waals surface area (Å²) in [4.78, 5) is 0. The third kappa shape index (κ3) is 3.03. The molecule has 1 atom stereocenters. The highest BCUT2D eigenvalue weighted by Gasteiger charge is 2.30. The molecule has 0 aromatic heterocycles. The Morgan fingerprint density at radius 1 is 1.12 bits per heavy atom. The van der Waals surface area contributed by atoms with Gasteiger partial charge in [0.2, 0.25) is 0 Å². The van der Waals surface area contributed by atoms with Crippen LogP contribution in [0.1, 0.15) is 30.4 Å². The molecule has 0 aliphatic heterocycles. The third-order valence-electron chi connectivity index (χ3n) is 2.89. The number of hydrogen-bond donors (Lipinski definition) is 0. The maximum atomic E-state index is 12.4. The van der Waals surface area contributed by atoms with E-state index in [2.05, 4.69) is 0 Å². The summed E-state index contributed by atoms with van der Waals surface area (Å²) in [6, 6.07) is 5.27. The summed E-state index contributed by atoms with van der Waals surface area (Å²) in [6.45, 7) is 0. The lowest BCUT2D eigenvalue weighted by molar-refractivity contribution is -0.137. The van der Waals surface area contributed by atoms with Gasteiger partial charge in [0, 0.05) is 0 Å². The average Bonchev–Trinajstić information content (AvgIpc) is 2.28. The van der Waals surface area contributed by atoms with Gasteiger partial charge < -0.3 is 0 Å². The predicted octanol–water partition coefficient (Wildman–Crippen LogP) is 4.88. The minimum atomic E-state index is -4.27. The minimum absolute atomic E-state index is 0.000965. The van der Waals surface area contributed by atoms with Crippen molar-refractivity contribution >= 4 is 17.2 Å². The fourth-order valence-electron chi connectivity index (χ4n) is 1.99. The van der Waals surface area contributed by atoms with E-state index in [1.807, 2.05) is 6.08 Å². The molecule has 0 heterocycles. The van der Waals surface area contributed by atoms with E-state index in [4.69, 9.17) is 11.6 Å². The van der Waals surface area contributed by atoms with Gasteiger partial charge in [-0.15, -0.1) is 11.6 Å². The molecule has 0 bridgehead atoms. The molecule has 4 heteroatoms. The number of hydrogen-bond acceptors (Lipinski definition) is 0. The molecule has 17 heavy (non-hydrogen) atoms. The molecular formula is C13H12ClF3. The van der Waals surface area contributed by atoms with E-state index in [0.717, 1.165) is 42.5 Å². The van der Waals surface area contributed by atoms with Crippen molar-refractivity contribution in [3.63, 3.8) is 0 Å². The third-order valence-corrected chi connectivity index (χ3v) is 3.24. The predicted molar refractivity (Wildman–Crippen MR) is 62.9 cm³/mol. The van der Waals surface area contributed by atoms with Crippen LogP contribution >= 0.6 is 11.6 Å². The molecule has 0 amide bonds. The lowest BCUT2D eigenvalue weighted by Crippen LogP contribution is -2.05. The second kappa shape index (κ2) is 4.73. The molecule has 1 aliphatic carbocycles. The van der Waals surface area contributed by atoms with E-state index in [-0.39, 0.29) is 5.38 Å². The van der Waals surface area contributed by atoms with Gasteiger partial charge in [-0.3, -0.25) is 0 Å². The Kier molecular flexibility index (Phi) is 3.48. The summed E-state index contributed by atoms with van der Waals surface area (Å²) in [6.07, 6.45) is 0.476. The molecule has 0 saturated heterocycles. The summed E-state index contributed by atoms with van der Waals surface area (Å²) in [5.41, 5.74) is 1.27. The summed E-state index contributed by atoms with van der Waals surface area (Å²) in [7, 11) is 0. The number of benzene rings is 1. The van der Waals surface area contributed by atoms with E-state index in [0.29, 0.717) is 0 Å². The van der Waals surface area contributed by atoms with Gasteiger partial charge in [0.25, 0.3) is 0 Å². The number of alkyl halides is 4. The molecular weight excluding hydrogens is 249 g/mol. The fraction of sp³-hybridized carbons (Fsp3) is 0.385. The highest BCUT2D eigenvalue weighted by atomic mass is 35.5. The summed E-state index contributed by atoms with van der Waals surface area (Å²) in [5, 5.41) is 0.000965. The van der Waals surface area contributed by atoms with Gasteiger partial charge in [0.05, 0.1) is 10.9 Å². The topological polar surface area (TPSA) is 0 Å². The molecule has 0 radical (unpaired) electrons. The minimum Gasteiger partial charge on any atom is -0.166 e. The first-order valence-electron chi connectivity index (χ1n) is 5.49. The van der Waals surface area contributed by atoms with Crippen molar-refractivity contribution < 1.29 is 13.2 Å². The molecule has 0 spiro atoms. The average molecular weight is 261 g/mol. The molecule has 0 fully saturated rings. The Bertz CT molecular complexity index is 417. The summed E-state index contributed by atoms with van der Waals surface area (Å²) >= 11 is 6.01. The van der Waals surface area contributed by atoms with Crippen molar-refractivity contribution in [3.8, 4) is 0 Å². The molecule has 1 aromatic rings. The molecule has 1 aliphatic rings. The lowest BCUT2D eigenvalue weighted by atomic mass is 9.93. The van der Waals surface area contributed by atoms with Crippen LogP contribution in [0.5, 0.6) is 0 Å². The molecule has 2 rings (SSSR count). The molecule has 1 unspecified atom stereocenters. The van der Waals surface area contributed by atoms with Crippen molar-refractivity contribution in [2.24, 2.45) is 0 Å². The van der Waals surface area contributed by atoms with E-state index < -0.39 is 11.7 Å². The quantitative estimate of drug-likeness (QED) is 0.631. The van der Waals surface area contributed by atoms with Crippen molar-refractivity contribution in [2.75, 3.05) is 0 Å². The highest BCUT2D eigenvalue weighted by Crippen LogP contribution is 2.32. The van der Waals surface area contributed by atoms with E-state index in [1.54, 1.807) is 0 Å². The van der Waals surface area contributed by atoms with Crippen LogP contribution in [0.15, 0.2) is 30.3 Å². The zero-order valence-corrected chi connectivity index (χ0v) is 9.85. The van der Waals surface area contributed by atoms with E-state index in [1.165, 1.54) is 12.1 Å². The van der Waals surface area contributed by atoms with Crippen LogP contribution in [0.25, 0.3) is 5.57 Å². The van der Waals surface area contributed by atoms with Gasteiger partial charge in [-0.25, -0.2) is 0 Å². The Balaban J connectivity index is 2.24. The number of rotatable bonds is 1. The second-order valence-electron chi connectivity index (χ2n) is 4.18. The molecule has 1 aromatic carbocycles. The number of allylic oxidation sites excluding steroid dienone is 2. The normalized spacial score (nSPS) is 21.2. The summed E-state index contributed by atoms with van der Waals surface area (Å²) in [5.74, 6) is 0. The molecule has 0 nitrogen and oxygen atoms in total. The largest absolute Gasteiger partial charge is 0.416 e. The van der Waals surface area contributed by atoms with Gasteiger partial charge in [0.1, 0.15) is 0 Å². The molecule has 0 saturated carbocycles. The van der Waals surface area contributed by atoms with Crippen LogP contribution in [0.3, 0.4) is 0 Å². The van der Waals surface area contributed by atoms with Crippen LogP contribution in [-0.4, -0.2) is 5.38 Å². The second-order valence-corrected chi connectivity index (χ2v) is 4.74. The van der Waals surface area contributed by atoms with Gasteiger partial charge in [-0.05, 0) is 42.5 Å². The zero-order valence-electron chi connectivity index (χ0n) is 9.10. The van der Waals surface area contributed by atoms with E-state index in [9.17, 15) is 13.2 Å². The Hall–Kier alpha value is -0.960. The molecule has 92 valence electrons. The maximum Gasteiger partial charge on any atom is 0.416 e. The smallest absolute Gasteiger partial charge is 0.166 e. The first kappa shape index (κ1) is 12.5. The van der Waals surface area contributed by atoms with Crippen LogP contribution in [0.2, 0.25) is 0 Å². The Labute approximate surface area is 103 Å². The van der Waals surface area contributed by atoms with Gasteiger partial charge in [-0.1, -0.05) is 18.2 Å². The fourth-order valence-corrected chi connectivity index (χ4v) is 2.29. The highest BCUT2D eigenvalue weighted by molar-refractivity contribution is 6.22. The van der Waals surface area contributed by atoms with Crippen LogP contribution < -0.4 is 0 Å². The Morgan fingerprint density at radius 2 is 1.76 bits per heavy atom. The monoisotopic (exact) mass is 260 g/mol. The van der Waals surface area contributed by atoms with Gasteiger partial charge in [0.15, 0.2) is 0 Å². The van der Waals surface area contributed by atoms with Gasteiger partial charge in [-0.2, -0.15) is 13.2 Å². The first-order chi connectivity index (χ1) is 7.97. The zero-order chi connectivity index (χ0) is 12.5. The van der Waals surface area contributed by atoms with Crippen LogP contribution in [0, 0.1) is 0 Å². The Morgan fingerprint density at radius 3 is 2.29 bits per heavy atom. The van der Waals surface area contributed by atoms with Crippen molar-refractivity contribution in [1.82, 2.24) is 0 Å². The van der Waals surface area contributed by atoms with Crippen molar-refractivity contribution in [2.45, 2.75) is 30.8 Å². The standard InChI is InChI=1S/C13H12ClF3/c14-12-3-1-2-10(8-12)9-4-6-11(7-5-9)13(15,16)17/h4-8,12H,1-3H2. The lowest BCUT2D eigenvalue weighted by Gasteiger charge is -2.17. The van der Waals surface area contributed by atoms with Crippen molar-refractivity contribution in [3.05, 3.63) is 41.5 Å². The number of halogens is 4. The molecule has 0 N–H and O–H groups in total. The SMILES string of the molecule is FC(F)(F)c1ccc(C2=CC(Cl)CCC2)cc1. The van der Waals surface area contributed by atoms with Gasteiger partial charge >= 0.3 is 6.18 Å². The summed E-state index contributed by atoms with van der Waals surface area (Å²) < 4.78 is 37.2. The maximum absolute atomic E-state index is 12.4. The van der Waals surface area contributed by atoms with Crippen LogP contribution in [-0.2, 0) is 6.18 Å². The van der Waals surface area contributed by atoms with E-state index >= 15 is 0 Å².